The van der Waals surface area contributed by atoms with Crippen molar-refractivity contribution in [1.29, 1.82) is 0 Å². The lowest BCUT2D eigenvalue weighted by atomic mass is 10.2. The van der Waals surface area contributed by atoms with Gasteiger partial charge in [-0.05, 0) is 38.9 Å². The lowest BCUT2D eigenvalue weighted by Gasteiger charge is -2.27. The van der Waals surface area contributed by atoms with Crippen molar-refractivity contribution in [3.63, 3.8) is 0 Å². The molecule has 0 aromatic carbocycles. The molecule has 0 aliphatic carbocycles. The Kier molecular flexibility index (Phi) is 4.62. The Balaban J connectivity index is 2.29. The van der Waals surface area contributed by atoms with Gasteiger partial charge in [0, 0.05) is 12.6 Å². The van der Waals surface area contributed by atoms with Gasteiger partial charge in [0.25, 0.3) is 0 Å². The van der Waals surface area contributed by atoms with Crippen molar-refractivity contribution in [2.24, 2.45) is 0 Å². The molecule has 12 heavy (non-hydrogen) atoms. The Morgan fingerprint density at radius 3 is 2.33 bits per heavy atom. The maximum Gasteiger partial charge on any atom is 0.0232 e. The molecule has 1 unspecified atom stereocenters. The standard InChI is InChI=1S/C10H22N2/c1-3-7-12(8-4-2)10-5-6-11-9-10/h10-11H,3-9H2,1-2H3. The van der Waals surface area contributed by atoms with Crippen LogP contribution in [0.2, 0.25) is 0 Å². The van der Waals surface area contributed by atoms with Crippen LogP contribution in [0.4, 0.5) is 0 Å². The second-order valence-corrected chi connectivity index (χ2v) is 3.68. The highest BCUT2D eigenvalue weighted by atomic mass is 15.2. The van der Waals surface area contributed by atoms with E-state index in [4.69, 9.17) is 0 Å². The Labute approximate surface area is 76.3 Å². The quantitative estimate of drug-likeness (QED) is 0.672. The maximum absolute atomic E-state index is 3.43. The van der Waals surface area contributed by atoms with Crippen molar-refractivity contribution >= 4 is 0 Å². The molecule has 1 aliphatic rings. The van der Waals surface area contributed by atoms with E-state index in [1.165, 1.54) is 45.4 Å². The largest absolute Gasteiger partial charge is 0.315 e. The minimum Gasteiger partial charge on any atom is -0.315 e. The molecule has 1 N–H and O–H groups in total. The van der Waals surface area contributed by atoms with Gasteiger partial charge in [-0.2, -0.15) is 0 Å². The summed E-state index contributed by atoms with van der Waals surface area (Å²) in [4.78, 5) is 2.64. The van der Waals surface area contributed by atoms with Crippen LogP contribution in [0.1, 0.15) is 33.1 Å². The molecule has 2 heteroatoms. The Hall–Kier alpha value is -0.0800. The summed E-state index contributed by atoms with van der Waals surface area (Å²) in [6, 6.07) is 0.824. The van der Waals surface area contributed by atoms with Gasteiger partial charge in [-0.25, -0.2) is 0 Å². The first-order valence-electron chi connectivity index (χ1n) is 5.33. The Morgan fingerprint density at radius 1 is 1.25 bits per heavy atom. The molecular formula is C10H22N2. The molecule has 1 saturated heterocycles. The molecule has 0 saturated carbocycles. The molecule has 0 radical (unpaired) electrons. The first kappa shape index (κ1) is 10.0. The van der Waals surface area contributed by atoms with E-state index in [-0.39, 0.29) is 0 Å². The zero-order valence-electron chi connectivity index (χ0n) is 8.47. The summed E-state index contributed by atoms with van der Waals surface area (Å²) in [5, 5.41) is 3.43. The van der Waals surface area contributed by atoms with Gasteiger partial charge >= 0.3 is 0 Å². The third-order valence-corrected chi connectivity index (χ3v) is 2.57. The van der Waals surface area contributed by atoms with E-state index in [1.807, 2.05) is 0 Å². The van der Waals surface area contributed by atoms with Crippen LogP contribution in [0.5, 0.6) is 0 Å². The molecule has 0 aromatic heterocycles. The van der Waals surface area contributed by atoms with Gasteiger partial charge in [-0.1, -0.05) is 13.8 Å². The minimum atomic E-state index is 0.824. The van der Waals surface area contributed by atoms with E-state index in [0.29, 0.717) is 0 Å². The molecular weight excluding hydrogens is 148 g/mol. The van der Waals surface area contributed by atoms with Gasteiger partial charge in [0.15, 0.2) is 0 Å². The van der Waals surface area contributed by atoms with Crippen molar-refractivity contribution in [2.75, 3.05) is 26.2 Å². The van der Waals surface area contributed by atoms with Gasteiger partial charge < -0.3 is 5.32 Å². The summed E-state index contributed by atoms with van der Waals surface area (Å²) in [5.74, 6) is 0. The number of hydrogen-bond donors (Lipinski definition) is 1. The summed E-state index contributed by atoms with van der Waals surface area (Å²) in [6.45, 7) is 9.52. The molecule has 0 aromatic rings. The summed E-state index contributed by atoms with van der Waals surface area (Å²) in [7, 11) is 0. The molecule has 1 atom stereocenters. The Morgan fingerprint density at radius 2 is 1.92 bits per heavy atom. The van der Waals surface area contributed by atoms with E-state index >= 15 is 0 Å². The van der Waals surface area contributed by atoms with Crippen LogP contribution >= 0.6 is 0 Å². The zero-order chi connectivity index (χ0) is 8.81. The minimum absolute atomic E-state index is 0.824. The molecule has 2 nitrogen and oxygen atoms in total. The van der Waals surface area contributed by atoms with Crippen LogP contribution in [-0.2, 0) is 0 Å². The van der Waals surface area contributed by atoms with E-state index in [1.54, 1.807) is 0 Å². The number of nitrogens with one attached hydrogen (secondary N) is 1. The normalized spacial score (nSPS) is 23.8. The number of nitrogens with zero attached hydrogens (tertiary/aromatic N) is 1. The highest BCUT2D eigenvalue weighted by Crippen LogP contribution is 2.09. The van der Waals surface area contributed by atoms with E-state index in [0.717, 1.165) is 6.04 Å². The topological polar surface area (TPSA) is 15.3 Å². The summed E-state index contributed by atoms with van der Waals surface area (Å²) >= 11 is 0. The molecule has 0 bridgehead atoms. The van der Waals surface area contributed by atoms with Crippen LogP contribution in [0.25, 0.3) is 0 Å². The van der Waals surface area contributed by atoms with Crippen molar-refractivity contribution in [3.8, 4) is 0 Å². The summed E-state index contributed by atoms with van der Waals surface area (Å²) < 4.78 is 0. The third-order valence-electron chi connectivity index (χ3n) is 2.57. The molecule has 1 rings (SSSR count). The monoisotopic (exact) mass is 170 g/mol. The second kappa shape index (κ2) is 5.55. The molecule has 1 aliphatic heterocycles. The fourth-order valence-corrected chi connectivity index (χ4v) is 2.00. The highest BCUT2D eigenvalue weighted by molar-refractivity contribution is 4.80. The van der Waals surface area contributed by atoms with Crippen molar-refractivity contribution in [1.82, 2.24) is 10.2 Å². The third kappa shape index (κ3) is 2.76. The number of rotatable bonds is 5. The highest BCUT2D eigenvalue weighted by Gasteiger charge is 2.20. The molecule has 1 heterocycles. The van der Waals surface area contributed by atoms with E-state index in [2.05, 4.69) is 24.1 Å². The van der Waals surface area contributed by atoms with Gasteiger partial charge in [0.05, 0.1) is 0 Å². The lowest BCUT2D eigenvalue weighted by molar-refractivity contribution is 0.209. The van der Waals surface area contributed by atoms with Gasteiger partial charge in [-0.3, -0.25) is 4.90 Å². The first-order chi connectivity index (χ1) is 5.88. The fraction of sp³-hybridized carbons (Fsp3) is 1.00. The average molecular weight is 170 g/mol. The number of hydrogen-bond acceptors (Lipinski definition) is 2. The van der Waals surface area contributed by atoms with Crippen molar-refractivity contribution in [3.05, 3.63) is 0 Å². The van der Waals surface area contributed by atoms with Gasteiger partial charge in [-0.15, -0.1) is 0 Å². The van der Waals surface area contributed by atoms with Crippen LogP contribution in [0, 0.1) is 0 Å². The summed E-state index contributed by atoms with van der Waals surface area (Å²) in [6.07, 6.45) is 3.92. The predicted molar refractivity (Wildman–Crippen MR) is 53.4 cm³/mol. The van der Waals surface area contributed by atoms with Gasteiger partial charge in [0.1, 0.15) is 0 Å². The van der Waals surface area contributed by atoms with Crippen LogP contribution in [0.3, 0.4) is 0 Å². The van der Waals surface area contributed by atoms with E-state index in [9.17, 15) is 0 Å². The molecule has 1 fully saturated rings. The molecule has 0 amide bonds. The fourth-order valence-electron chi connectivity index (χ4n) is 2.00. The second-order valence-electron chi connectivity index (χ2n) is 3.68. The Bertz CT molecular complexity index is 102. The summed E-state index contributed by atoms with van der Waals surface area (Å²) in [5.41, 5.74) is 0. The van der Waals surface area contributed by atoms with Crippen molar-refractivity contribution in [2.45, 2.75) is 39.2 Å². The van der Waals surface area contributed by atoms with Crippen molar-refractivity contribution < 1.29 is 0 Å². The smallest absolute Gasteiger partial charge is 0.0232 e. The van der Waals surface area contributed by atoms with Crippen LogP contribution in [0.15, 0.2) is 0 Å². The SMILES string of the molecule is CCCN(CCC)C1CCNC1. The van der Waals surface area contributed by atoms with Crippen LogP contribution < -0.4 is 5.32 Å². The maximum atomic E-state index is 3.43. The van der Waals surface area contributed by atoms with Crippen LogP contribution in [-0.4, -0.2) is 37.1 Å². The average Bonchev–Trinajstić information content (AvgIpc) is 2.56. The van der Waals surface area contributed by atoms with E-state index < -0.39 is 0 Å². The zero-order valence-corrected chi connectivity index (χ0v) is 8.47. The lowest BCUT2D eigenvalue weighted by Crippen LogP contribution is -2.37. The predicted octanol–water partition coefficient (Wildman–Crippen LogP) is 1.47. The molecule has 0 spiro atoms. The molecule has 72 valence electrons. The first-order valence-corrected chi connectivity index (χ1v) is 5.33. The van der Waals surface area contributed by atoms with Gasteiger partial charge in [0.2, 0.25) is 0 Å².